The molecule has 0 saturated carbocycles. The van der Waals surface area contributed by atoms with Crippen LogP contribution >= 0.6 is 0 Å². The van der Waals surface area contributed by atoms with Gasteiger partial charge in [0.25, 0.3) is 5.91 Å². The van der Waals surface area contributed by atoms with Crippen molar-refractivity contribution in [2.45, 2.75) is 6.61 Å². The minimum absolute atomic E-state index is 0.0146. The van der Waals surface area contributed by atoms with E-state index in [1.807, 2.05) is 47.4 Å². The molecule has 1 aromatic heterocycles. The third-order valence-corrected chi connectivity index (χ3v) is 5.02. The van der Waals surface area contributed by atoms with E-state index < -0.39 is 0 Å². The lowest BCUT2D eigenvalue weighted by Gasteiger charge is -2.36. The van der Waals surface area contributed by atoms with Gasteiger partial charge in [-0.3, -0.25) is 9.78 Å². The van der Waals surface area contributed by atoms with Gasteiger partial charge in [0, 0.05) is 49.7 Å². The highest BCUT2D eigenvalue weighted by Crippen LogP contribution is 2.27. The maximum absolute atomic E-state index is 12.8. The molecule has 0 radical (unpaired) electrons. The number of ether oxygens (including phenoxy) is 1. The average Bonchev–Trinajstić information content (AvgIpc) is 2.79. The third kappa shape index (κ3) is 4.48. The zero-order valence-electron chi connectivity index (χ0n) is 16.1. The number of anilines is 1. The summed E-state index contributed by atoms with van der Waals surface area (Å²) in [6, 6.07) is 18.4. The number of nitrogens with zero attached hydrogens (tertiary/aromatic N) is 3. The second kappa shape index (κ2) is 8.65. The fourth-order valence-electron chi connectivity index (χ4n) is 3.41. The number of piperazine rings is 1. The predicted molar refractivity (Wildman–Crippen MR) is 111 cm³/mol. The number of carbonyl (C=O) groups excluding carboxylic acids is 1. The number of carbonyl (C=O) groups is 1. The number of para-hydroxylation sites is 2. The van der Waals surface area contributed by atoms with Crippen molar-refractivity contribution in [2.24, 2.45) is 0 Å². The summed E-state index contributed by atoms with van der Waals surface area (Å²) >= 11 is 0. The molecule has 1 fully saturated rings. The second-order valence-electron chi connectivity index (χ2n) is 6.94. The Labute approximate surface area is 170 Å². The lowest BCUT2D eigenvalue weighted by atomic mass is 10.1. The Balaban J connectivity index is 1.32. The molecule has 0 bridgehead atoms. The van der Waals surface area contributed by atoms with Crippen LogP contribution in [0.25, 0.3) is 0 Å². The van der Waals surface area contributed by atoms with Gasteiger partial charge in [0.1, 0.15) is 18.1 Å². The van der Waals surface area contributed by atoms with E-state index in [4.69, 9.17) is 4.74 Å². The largest absolute Gasteiger partial charge is 0.506 e. The number of phenolic OH excluding ortho intramolecular Hbond substituents is 1. The maximum atomic E-state index is 12.8. The molecule has 0 unspecified atom stereocenters. The minimum Gasteiger partial charge on any atom is -0.506 e. The van der Waals surface area contributed by atoms with Crippen molar-refractivity contribution in [3.63, 3.8) is 0 Å². The Kier molecular flexibility index (Phi) is 5.61. The molecule has 1 N–H and O–H groups in total. The van der Waals surface area contributed by atoms with Crippen LogP contribution in [0.5, 0.6) is 11.5 Å². The molecule has 1 aliphatic rings. The molecule has 2 heterocycles. The summed E-state index contributed by atoms with van der Waals surface area (Å²) in [6.07, 6.45) is 3.50. The summed E-state index contributed by atoms with van der Waals surface area (Å²) in [5.74, 6) is 1.00. The average molecular weight is 389 g/mol. The number of amides is 1. The van der Waals surface area contributed by atoms with Crippen LogP contribution < -0.4 is 9.64 Å². The van der Waals surface area contributed by atoms with E-state index >= 15 is 0 Å². The number of benzene rings is 2. The highest BCUT2D eigenvalue weighted by atomic mass is 16.5. The molecular formula is C23H23N3O3. The van der Waals surface area contributed by atoms with E-state index in [-0.39, 0.29) is 11.7 Å². The van der Waals surface area contributed by atoms with Crippen LogP contribution in [0.4, 0.5) is 5.69 Å². The van der Waals surface area contributed by atoms with E-state index in [2.05, 4.69) is 9.88 Å². The number of phenols is 1. The van der Waals surface area contributed by atoms with Crippen LogP contribution in [0.15, 0.2) is 73.1 Å². The zero-order chi connectivity index (χ0) is 20.1. The van der Waals surface area contributed by atoms with Crippen molar-refractivity contribution in [1.82, 2.24) is 9.88 Å². The Bertz CT molecular complexity index is 953. The summed E-state index contributed by atoms with van der Waals surface area (Å²) in [5, 5.41) is 10.0. The fourth-order valence-corrected chi connectivity index (χ4v) is 3.41. The van der Waals surface area contributed by atoms with Crippen LogP contribution in [-0.2, 0) is 6.61 Å². The van der Waals surface area contributed by atoms with E-state index in [0.29, 0.717) is 38.3 Å². The number of aromatic hydroxyl groups is 1. The monoisotopic (exact) mass is 389 g/mol. The van der Waals surface area contributed by atoms with E-state index in [1.165, 1.54) is 0 Å². The molecular weight excluding hydrogens is 366 g/mol. The van der Waals surface area contributed by atoms with Crippen LogP contribution in [0.3, 0.4) is 0 Å². The fraction of sp³-hybridized carbons (Fsp3) is 0.217. The first-order valence-electron chi connectivity index (χ1n) is 9.65. The van der Waals surface area contributed by atoms with Gasteiger partial charge in [0.2, 0.25) is 0 Å². The summed E-state index contributed by atoms with van der Waals surface area (Å²) in [7, 11) is 0. The number of rotatable bonds is 5. The zero-order valence-corrected chi connectivity index (χ0v) is 16.1. The lowest BCUT2D eigenvalue weighted by Crippen LogP contribution is -2.48. The van der Waals surface area contributed by atoms with Gasteiger partial charge in [-0.15, -0.1) is 0 Å². The molecule has 0 aliphatic carbocycles. The standard InChI is InChI=1S/C23H23N3O3/c27-22-6-2-1-5-21(22)25-12-14-26(15-13-25)23(28)19-7-9-20(10-8-19)29-17-18-4-3-11-24-16-18/h1-11,16,27H,12-15,17H2. The first kappa shape index (κ1) is 18.8. The molecule has 0 atom stereocenters. The van der Waals surface area contributed by atoms with Crippen LogP contribution in [0.1, 0.15) is 15.9 Å². The number of hydrogen-bond acceptors (Lipinski definition) is 5. The smallest absolute Gasteiger partial charge is 0.253 e. The molecule has 2 aromatic carbocycles. The first-order chi connectivity index (χ1) is 14.2. The molecule has 1 saturated heterocycles. The van der Waals surface area contributed by atoms with Crippen LogP contribution in [0, 0.1) is 0 Å². The highest BCUT2D eigenvalue weighted by molar-refractivity contribution is 5.94. The molecule has 4 rings (SSSR count). The molecule has 1 amide bonds. The van der Waals surface area contributed by atoms with Crippen molar-refractivity contribution >= 4 is 11.6 Å². The van der Waals surface area contributed by atoms with Crippen molar-refractivity contribution in [1.29, 1.82) is 0 Å². The van der Waals surface area contributed by atoms with Gasteiger partial charge < -0.3 is 19.6 Å². The van der Waals surface area contributed by atoms with Crippen LogP contribution in [-0.4, -0.2) is 47.1 Å². The summed E-state index contributed by atoms with van der Waals surface area (Å²) < 4.78 is 5.75. The normalized spacial score (nSPS) is 13.9. The Morgan fingerprint density at radius 3 is 2.41 bits per heavy atom. The summed E-state index contributed by atoms with van der Waals surface area (Å²) in [6.45, 7) is 3.06. The number of aromatic nitrogens is 1. The first-order valence-corrected chi connectivity index (χ1v) is 9.65. The van der Waals surface area contributed by atoms with Crippen molar-refractivity contribution in [3.05, 3.63) is 84.2 Å². The molecule has 6 heteroatoms. The van der Waals surface area contributed by atoms with Gasteiger partial charge >= 0.3 is 0 Å². The maximum Gasteiger partial charge on any atom is 0.253 e. The Morgan fingerprint density at radius 1 is 0.966 bits per heavy atom. The van der Waals surface area contributed by atoms with Crippen molar-refractivity contribution in [2.75, 3.05) is 31.1 Å². The Hall–Kier alpha value is -3.54. The van der Waals surface area contributed by atoms with E-state index in [0.717, 1.165) is 17.0 Å². The third-order valence-electron chi connectivity index (χ3n) is 5.02. The molecule has 148 valence electrons. The highest BCUT2D eigenvalue weighted by Gasteiger charge is 2.23. The van der Waals surface area contributed by atoms with E-state index in [9.17, 15) is 9.90 Å². The summed E-state index contributed by atoms with van der Waals surface area (Å²) in [4.78, 5) is 20.8. The van der Waals surface area contributed by atoms with Gasteiger partial charge in [0.15, 0.2) is 0 Å². The quantitative estimate of drug-likeness (QED) is 0.725. The number of pyridine rings is 1. The minimum atomic E-state index is 0.0146. The van der Waals surface area contributed by atoms with Gasteiger partial charge in [-0.2, -0.15) is 0 Å². The van der Waals surface area contributed by atoms with Gasteiger partial charge in [-0.05, 0) is 42.5 Å². The predicted octanol–water partition coefficient (Wildman–Crippen LogP) is 3.33. The SMILES string of the molecule is O=C(c1ccc(OCc2cccnc2)cc1)N1CCN(c2ccccc2O)CC1. The molecule has 29 heavy (non-hydrogen) atoms. The molecule has 3 aromatic rings. The topological polar surface area (TPSA) is 65.9 Å². The van der Waals surface area contributed by atoms with Crippen LogP contribution in [0.2, 0.25) is 0 Å². The molecule has 6 nitrogen and oxygen atoms in total. The van der Waals surface area contributed by atoms with E-state index in [1.54, 1.807) is 30.6 Å². The van der Waals surface area contributed by atoms with Crippen molar-refractivity contribution in [3.8, 4) is 11.5 Å². The Morgan fingerprint density at radius 2 is 1.72 bits per heavy atom. The molecule has 1 aliphatic heterocycles. The lowest BCUT2D eigenvalue weighted by molar-refractivity contribution is 0.0746. The molecule has 0 spiro atoms. The van der Waals surface area contributed by atoms with Crippen molar-refractivity contribution < 1.29 is 14.6 Å². The summed E-state index contributed by atoms with van der Waals surface area (Å²) in [5.41, 5.74) is 2.46. The second-order valence-corrected chi connectivity index (χ2v) is 6.94. The van der Waals surface area contributed by atoms with Gasteiger partial charge in [-0.1, -0.05) is 18.2 Å². The number of hydrogen-bond donors (Lipinski definition) is 1. The van der Waals surface area contributed by atoms with Gasteiger partial charge in [0.05, 0.1) is 5.69 Å². The van der Waals surface area contributed by atoms with Gasteiger partial charge in [-0.25, -0.2) is 0 Å².